The minimum atomic E-state index is -1.91. The monoisotopic (exact) mass is 639 g/mol. The van der Waals surface area contributed by atoms with E-state index in [0.717, 1.165) is 11.1 Å². The number of anilines is 1. The van der Waals surface area contributed by atoms with Gasteiger partial charge in [-0.05, 0) is 25.0 Å². The van der Waals surface area contributed by atoms with Crippen LogP contribution in [0.5, 0.6) is 0 Å². The number of carbonyl (C=O) groups is 2. The number of ether oxygens (including phenoxy) is 1. The van der Waals surface area contributed by atoms with E-state index in [1.165, 1.54) is 17.8 Å². The van der Waals surface area contributed by atoms with Gasteiger partial charge in [0.1, 0.15) is 11.7 Å². The number of rotatable bonds is 11. The van der Waals surface area contributed by atoms with Crippen molar-refractivity contribution < 1.29 is 24.5 Å². The number of imidazole rings is 2. The minimum Gasteiger partial charge on any atom is -0.387 e. The van der Waals surface area contributed by atoms with Crippen LogP contribution in [0.2, 0.25) is 0 Å². The van der Waals surface area contributed by atoms with E-state index < -0.39 is 35.9 Å². The molecule has 14 nitrogen and oxygen atoms in total. The maximum absolute atomic E-state index is 13.4. The van der Waals surface area contributed by atoms with Crippen molar-refractivity contribution in [1.82, 2.24) is 39.7 Å². The molecule has 4 heterocycles. The molecule has 47 heavy (non-hydrogen) atoms. The first-order chi connectivity index (χ1) is 22.7. The third-order valence-corrected chi connectivity index (χ3v) is 8.21. The Morgan fingerprint density at radius 3 is 2.30 bits per heavy atom. The number of carbonyl (C=O) groups excluding carboxylic acids is 2. The smallest absolute Gasteiger partial charge is 0.289 e. The van der Waals surface area contributed by atoms with E-state index in [2.05, 4.69) is 60.2 Å². The number of hydrogen-bond acceptors (Lipinski definition) is 10. The topological polar surface area (TPSA) is 181 Å². The maximum atomic E-state index is 13.4. The molecule has 1 saturated heterocycles. The summed E-state index contributed by atoms with van der Waals surface area (Å²) < 4.78 is 9.12. The Morgan fingerprint density at radius 1 is 1.00 bits per heavy atom. The lowest BCUT2D eigenvalue weighted by Crippen LogP contribution is -2.48. The van der Waals surface area contributed by atoms with E-state index in [1.807, 2.05) is 43.4 Å². The fourth-order valence-corrected chi connectivity index (χ4v) is 5.75. The fourth-order valence-electron chi connectivity index (χ4n) is 5.75. The summed E-state index contributed by atoms with van der Waals surface area (Å²) in [6.07, 6.45) is 0.660. The maximum Gasteiger partial charge on any atom is 0.289 e. The predicted octanol–water partition coefficient (Wildman–Crippen LogP) is 1.88. The summed E-state index contributed by atoms with van der Waals surface area (Å²) in [6, 6.07) is 20.1. The highest BCUT2D eigenvalue weighted by molar-refractivity contribution is 5.94. The summed E-state index contributed by atoms with van der Waals surface area (Å²) in [4.78, 5) is 44.0. The van der Waals surface area contributed by atoms with Gasteiger partial charge in [0.05, 0.1) is 24.9 Å². The zero-order valence-corrected chi connectivity index (χ0v) is 26.2. The zero-order valence-electron chi connectivity index (χ0n) is 26.2. The number of aliphatic hydroxyl groups is 2. The Kier molecular flexibility index (Phi) is 8.98. The van der Waals surface area contributed by atoms with Crippen molar-refractivity contribution >= 4 is 28.8 Å². The van der Waals surface area contributed by atoms with E-state index in [4.69, 9.17) is 4.74 Å². The number of benzene rings is 2. The highest BCUT2D eigenvalue weighted by atomic mass is 16.6. The van der Waals surface area contributed by atoms with Crippen molar-refractivity contribution in [1.29, 1.82) is 0 Å². The number of aromatic nitrogens is 6. The van der Waals surface area contributed by atoms with E-state index in [1.54, 1.807) is 24.0 Å². The van der Waals surface area contributed by atoms with Gasteiger partial charge in [0.2, 0.25) is 5.82 Å². The fraction of sp³-hybridized carbons (Fsp3) is 0.333. The molecule has 3 aromatic heterocycles. The van der Waals surface area contributed by atoms with Crippen molar-refractivity contribution in [3.8, 4) is 0 Å². The Bertz CT molecular complexity index is 1820. The molecule has 2 amide bonds. The molecule has 4 atom stereocenters. The van der Waals surface area contributed by atoms with Crippen LogP contribution in [0.4, 0.5) is 5.82 Å². The molecule has 1 aliphatic heterocycles. The molecule has 1 aliphatic rings. The van der Waals surface area contributed by atoms with E-state index in [0.29, 0.717) is 24.3 Å². The number of likely N-dealkylation sites (N-methyl/N-ethyl adjacent to an activating group) is 1. The highest BCUT2D eigenvalue weighted by Crippen LogP contribution is 2.40. The van der Waals surface area contributed by atoms with Crippen LogP contribution < -0.4 is 16.0 Å². The van der Waals surface area contributed by atoms with Gasteiger partial charge in [-0.2, -0.15) is 0 Å². The molecule has 1 fully saturated rings. The summed E-state index contributed by atoms with van der Waals surface area (Å²) in [5.74, 6) is -1.07. The van der Waals surface area contributed by atoms with Crippen molar-refractivity contribution in [3.05, 3.63) is 102 Å². The predicted molar refractivity (Wildman–Crippen MR) is 172 cm³/mol. The standard InChI is InChI=1S/C33H37N9O5/c1-4-34-30(44)25-26(43)33(2,46)32(47-25)42-19-38-24-27(35-16-23(20-11-7-5-8-12-20)21-13-9-6-10-14-21)39-28(40-29(24)42)31(45)36-15-22-17-41(3)18-37-22/h5-14,17-19,23,25-26,32,43,46H,4,15-16H2,1-3H3,(H,34,44)(H,36,45)(H,35,39,40)/t25-,26+,32+,33-/m0/s1. The summed E-state index contributed by atoms with van der Waals surface area (Å²) in [5, 5.41) is 31.1. The molecule has 0 spiro atoms. The molecule has 2 aromatic carbocycles. The molecule has 0 radical (unpaired) electrons. The Labute approximate surface area is 270 Å². The van der Waals surface area contributed by atoms with Crippen LogP contribution in [0, 0.1) is 0 Å². The molecule has 5 N–H and O–H groups in total. The van der Waals surface area contributed by atoms with Crippen LogP contribution in [0.25, 0.3) is 11.2 Å². The van der Waals surface area contributed by atoms with Crippen LogP contribution in [-0.2, 0) is 23.1 Å². The van der Waals surface area contributed by atoms with Gasteiger partial charge in [0.25, 0.3) is 11.8 Å². The number of hydrogen-bond donors (Lipinski definition) is 5. The average Bonchev–Trinajstić information content (AvgIpc) is 3.76. The van der Waals surface area contributed by atoms with Gasteiger partial charge in [-0.25, -0.2) is 19.9 Å². The molecule has 14 heteroatoms. The van der Waals surface area contributed by atoms with E-state index in [-0.39, 0.29) is 29.8 Å². The number of nitrogens with one attached hydrogen (secondary N) is 3. The molecular weight excluding hydrogens is 602 g/mol. The van der Waals surface area contributed by atoms with E-state index in [9.17, 15) is 19.8 Å². The second-order valence-corrected chi connectivity index (χ2v) is 11.7. The average molecular weight is 640 g/mol. The zero-order chi connectivity index (χ0) is 33.1. The first-order valence-corrected chi connectivity index (χ1v) is 15.3. The highest BCUT2D eigenvalue weighted by Gasteiger charge is 2.56. The van der Waals surface area contributed by atoms with Crippen LogP contribution >= 0.6 is 0 Å². The van der Waals surface area contributed by atoms with Gasteiger partial charge in [-0.15, -0.1) is 0 Å². The van der Waals surface area contributed by atoms with Gasteiger partial charge >= 0.3 is 0 Å². The summed E-state index contributed by atoms with van der Waals surface area (Å²) in [6.45, 7) is 3.98. The molecule has 5 aromatic rings. The van der Waals surface area contributed by atoms with Gasteiger partial charge < -0.3 is 35.5 Å². The molecule has 244 valence electrons. The van der Waals surface area contributed by atoms with Crippen molar-refractivity contribution in [2.45, 2.75) is 50.3 Å². The third-order valence-electron chi connectivity index (χ3n) is 8.21. The van der Waals surface area contributed by atoms with Crippen molar-refractivity contribution in [3.63, 3.8) is 0 Å². The van der Waals surface area contributed by atoms with Crippen LogP contribution in [-0.4, -0.2) is 82.0 Å². The first-order valence-electron chi connectivity index (χ1n) is 15.3. The van der Waals surface area contributed by atoms with Gasteiger partial charge in [-0.1, -0.05) is 60.7 Å². The minimum absolute atomic E-state index is 0.0715. The largest absolute Gasteiger partial charge is 0.387 e. The number of nitrogens with zero attached hydrogens (tertiary/aromatic N) is 6. The Morgan fingerprint density at radius 2 is 1.68 bits per heavy atom. The lowest BCUT2D eigenvalue weighted by Gasteiger charge is -2.27. The Balaban J connectivity index is 1.38. The normalized spacial score (nSPS) is 20.9. The molecule has 0 aliphatic carbocycles. The van der Waals surface area contributed by atoms with Gasteiger partial charge in [-0.3, -0.25) is 14.2 Å². The number of fused-ring (bicyclic) bond motifs is 1. The second-order valence-electron chi connectivity index (χ2n) is 11.7. The van der Waals surface area contributed by atoms with Crippen molar-refractivity contribution in [2.24, 2.45) is 7.05 Å². The lowest BCUT2D eigenvalue weighted by atomic mass is 9.91. The number of amides is 2. The van der Waals surface area contributed by atoms with E-state index >= 15 is 0 Å². The van der Waals surface area contributed by atoms with Gasteiger partial charge in [0.15, 0.2) is 29.3 Å². The summed E-state index contributed by atoms with van der Waals surface area (Å²) in [5.41, 5.74) is 1.37. The quantitative estimate of drug-likeness (QED) is 0.143. The van der Waals surface area contributed by atoms with Crippen LogP contribution in [0.15, 0.2) is 79.5 Å². The van der Waals surface area contributed by atoms with Crippen LogP contribution in [0.3, 0.4) is 0 Å². The molecule has 0 saturated carbocycles. The SMILES string of the molecule is CCNC(=O)[C@H]1O[C@@H](n2cnc3c(NCC(c4ccccc4)c4ccccc4)nc(C(=O)NCc4cn(C)cn4)nc32)[C@@](C)(O)[C@@H]1O. The summed E-state index contributed by atoms with van der Waals surface area (Å²) in [7, 11) is 1.83. The Hall–Kier alpha value is -5.18. The first kappa shape index (κ1) is 31.8. The second kappa shape index (κ2) is 13.3. The molecular formula is C33H37N9O5. The van der Waals surface area contributed by atoms with Crippen molar-refractivity contribution in [2.75, 3.05) is 18.4 Å². The lowest BCUT2D eigenvalue weighted by molar-refractivity contribution is -0.137. The molecule has 6 rings (SSSR count). The van der Waals surface area contributed by atoms with Gasteiger partial charge in [0, 0.05) is 32.3 Å². The molecule has 0 bridgehead atoms. The van der Waals surface area contributed by atoms with Crippen LogP contribution in [0.1, 0.15) is 53.4 Å². The number of aryl methyl sites for hydroxylation is 1. The molecule has 0 unspecified atom stereocenters. The third kappa shape index (κ3) is 6.43. The number of aliphatic hydroxyl groups excluding tert-OH is 1. The summed E-state index contributed by atoms with van der Waals surface area (Å²) >= 11 is 0.